The highest BCUT2D eigenvalue weighted by Crippen LogP contribution is 2.20. The van der Waals surface area contributed by atoms with Crippen LogP contribution in [0.4, 0.5) is 17.1 Å². The lowest BCUT2D eigenvalue weighted by Crippen LogP contribution is -2.14. The number of rotatable bonds is 5. The summed E-state index contributed by atoms with van der Waals surface area (Å²) in [5.41, 5.74) is 1.59. The normalized spacial score (nSPS) is 10.5. The Balaban J connectivity index is 2.04. The van der Waals surface area contributed by atoms with Gasteiger partial charge in [-0.3, -0.25) is 9.59 Å². The number of carbonyl (C=O) groups is 2. The fourth-order valence-corrected chi connectivity index (χ4v) is 2.11. The second kappa shape index (κ2) is 8.52. The number of para-hydroxylation sites is 1. The van der Waals surface area contributed by atoms with E-state index in [9.17, 15) is 9.59 Å². The van der Waals surface area contributed by atoms with E-state index in [1.54, 1.807) is 48.5 Å². The van der Waals surface area contributed by atoms with E-state index in [0.29, 0.717) is 22.1 Å². The Hall–Kier alpha value is -3.30. The minimum atomic E-state index is -0.561. The zero-order valence-corrected chi connectivity index (χ0v) is 14.1. The highest BCUT2D eigenvalue weighted by Gasteiger charge is 2.09. The molecule has 3 N–H and O–H groups in total. The lowest BCUT2D eigenvalue weighted by atomic mass is 10.2. The molecule has 2 rings (SSSR count). The van der Waals surface area contributed by atoms with Crippen LogP contribution in [0, 0.1) is 11.3 Å². The summed E-state index contributed by atoms with van der Waals surface area (Å²) in [5.74, 6) is -0.744. The molecule has 7 heteroatoms. The second-order valence-electron chi connectivity index (χ2n) is 5.01. The van der Waals surface area contributed by atoms with E-state index in [4.69, 9.17) is 16.9 Å². The Morgan fingerprint density at radius 2 is 1.64 bits per heavy atom. The van der Waals surface area contributed by atoms with Gasteiger partial charge in [-0.05, 0) is 36.4 Å². The molecule has 126 valence electrons. The molecule has 6 nitrogen and oxygen atoms in total. The molecule has 0 spiro atoms. The van der Waals surface area contributed by atoms with Gasteiger partial charge in [-0.25, -0.2) is 0 Å². The van der Waals surface area contributed by atoms with Crippen LogP contribution in [0.1, 0.15) is 6.92 Å². The SMILES string of the molecule is CC(=O)Nc1ccc(NC(=O)/C(C#N)=C\Nc2ccccc2Cl)cc1. The second-order valence-corrected chi connectivity index (χ2v) is 5.41. The molecule has 0 heterocycles. The lowest BCUT2D eigenvalue weighted by Gasteiger charge is -2.07. The molecule has 2 aromatic carbocycles. The van der Waals surface area contributed by atoms with Crippen molar-refractivity contribution >= 4 is 40.5 Å². The van der Waals surface area contributed by atoms with Gasteiger partial charge in [0.25, 0.3) is 5.91 Å². The first-order valence-electron chi connectivity index (χ1n) is 7.30. The molecule has 0 aliphatic rings. The van der Waals surface area contributed by atoms with Gasteiger partial charge in [0.15, 0.2) is 0 Å². The smallest absolute Gasteiger partial charge is 0.267 e. The molecular formula is C18H15ClN4O2. The quantitative estimate of drug-likeness (QED) is 0.563. The van der Waals surface area contributed by atoms with Crippen molar-refractivity contribution in [1.29, 1.82) is 5.26 Å². The number of halogens is 1. The first kappa shape index (κ1) is 18.0. The predicted molar refractivity (Wildman–Crippen MR) is 98.1 cm³/mol. The molecule has 2 aromatic rings. The Bertz CT molecular complexity index is 854. The van der Waals surface area contributed by atoms with E-state index in [-0.39, 0.29) is 11.5 Å². The molecule has 0 saturated heterocycles. The third-order valence-electron chi connectivity index (χ3n) is 3.07. The largest absolute Gasteiger partial charge is 0.359 e. The first-order valence-corrected chi connectivity index (χ1v) is 7.67. The summed E-state index contributed by atoms with van der Waals surface area (Å²) >= 11 is 6.01. The maximum Gasteiger partial charge on any atom is 0.267 e. The Kier molecular flexibility index (Phi) is 6.15. The van der Waals surface area contributed by atoms with Crippen molar-refractivity contribution in [2.45, 2.75) is 6.92 Å². The molecule has 0 bridgehead atoms. The van der Waals surface area contributed by atoms with Crippen molar-refractivity contribution in [3.05, 3.63) is 65.3 Å². The van der Waals surface area contributed by atoms with E-state index in [1.165, 1.54) is 13.1 Å². The molecule has 2 amide bonds. The average Bonchev–Trinajstić information content (AvgIpc) is 2.58. The molecule has 0 aliphatic carbocycles. The topological polar surface area (TPSA) is 94.0 Å². The van der Waals surface area contributed by atoms with E-state index >= 15 is 0 Å². The molecule has 0 atom stereocenters. The van der Waals surface area contributed by atoms with Gasteiger partial charge in [0.05, 0.1) is 10.7 Å². The zero-order valence-electron chi connectivity index (χ0n) is 13.3. The fraction of sp³-hybridized carbons (Fsp3) is 0.0556. The average molecular weight is 355 g/mol. The van der Waals surface area contributed by atoms with Gasteiger partial charge in [0.2, 0.25) is 5.91 Å². The van der Waals surface area contributed by atoms with Crippen LogP contribution >= 0.6 is 11.6 Å². The van der Waals surface area contributed by atoms with Crippen molar-refractivity contribution < 1.29 is 9.59 Å². The minimum Gasteiger partial charge on any atom is -0.359 e. The number of hydrogen-bond acceptors (Lipinski definition) is 4. The zero-order chi connectivity index (χ0) is 18.2. The number of nitrogens with zero attached hydrogens (tertiary/aromatic N) is 1. The molecule has 0 aliphatic heterocycles. The number of amides is 2. The summed E-state index contributed by atoms with van der Waals surface area (Å²) < 4.78 is 0. The number of benzene rings is 2. The van der Waals surface area contributed by atoms with Crippen LogP contribution in [-0.2, 0) is 9.59 Å². The van der Waals surface area contributed by atoms with E-state index < -0.39 is 5.91 Å². The van der Waals surface area contributed by atoms with E-state index in [0.717, 1.165) is 0 Å². The third kappa shape index (κ3) is 5.37. The molecule has 25 heavy (non-hydrogen) atoms. The van der Waals surface area contributed by atoms with Crippen molar-refractivity contribution in [2.75, 3.05) is 16.0 Å². The highest BCUT2D eigenvalue weighted by molar-refractivity contribution is 6.33. The highest BCUT2D eigenvalue weighted by atomic mass is 35.5. The van der Waals surface area contributed by atoms with Crippen LogP contribution in [0.5, 0.6) is 0 Å². The molecular weight excluding hydrogens is 340 g/mol. The summed E-state index contributed by atoms with van der Waals surface area (Å²) in [6.07, 6.45) is 1.29. The van der Waals surface area contributed by atoms with Gasteiger partial charge in [-0.15, -0.1) is 0 Å². The molecule has 0 aromatic heterocycles. The summed E-state index contributed by atoms with van der Waals surface area (Å²) in [6, 6.07) is 15.4. The van der Waals surface area contributed by atoms with Crippen LogP contribution in [0.3, 0.4) is 0 Å². The molecule has 0 saturated carbocycles. The minimum absolute atomic E-state index is 0.106. The van der Waals surface area contributed by atoms with Crippen molar-refractivity contribution in [2.24, 2.45) is 0 Å². The summed E-state index contributed by atoms with van der Waals surface area (Å²) in [6.45, 7) is 1.41. The predicted octanol–water partition coefficient (Wildman–Crippen LogP) is 3.76. The first-order chi connectivity index (χ1) is 12.0. The van der Waals surface area contributed by atoms with Crippen LogP contribution < -0.4 is 16.0 Å². The maximum absolute atomic E-state index is 12.2. The number of nitriles is 1. The third-order valence-corrected chi connectivity index (χ3v) is 3.40. The lowest BCUT2D eigenvalue weighted by molar-refractivity contribution is -0.114. The molecule has 0 unspecified atom stereocenters. The number of anilines is 3. The van der Waals surface area contributed by atoms with Gasteiger partial charge in [-0.2, -0.15) is 5.26 Å². The van der Waals surface area contributed by atoms with Crippen molar-refractivity contribution in [3.8, 4) is 6.07 Å². The van der Waals surface area contributed by atoms with Crippen LogP contribution in [0.2, 0.25) is 5.02 Å². The van der Waals surface area contributed by atoms with Crippen LogP contribution in [-0.4, -0.2) is 11.8 Å². The summed E-state index contributed by atoms with van der Waals surface area (Å²) in [5, 5.41) is 17.7. The van der Waals surface area contributed by atoms with Gasteiger partial charge in [0.1, 0.15) is 11.6 Å². The van der Waals surface area contributed by atoms with Crippen LogP contribution in [0.25, 0.3) is 0 Å². The Morgan fingerprint density at radius 1 is 1.04 bits per heavy atom. The number of carbonyl (C=O) groups excluding carboxylic acids is 2. The van der Waals surface area contributed by atoms with Gasteiger partial charge < -0.3 is 16.0 Å². The van der Waals surface area contributed by atoms with Crippen LogP contribution in [0.15, 0.2) is 60.3 Å². The van der Waals surface area contributed by atoms with Gasteiger partial charge in [-0.1, -0.05) is 23.7 Å². The Labute approximate surface area is 150 Å². The van der Waals surface area contributed by atoms with Crippen molar-refractivity contribution in [3.63, 3.8) is 0 Å². The summed E-state index contributed by atoms with van der Waals surface area (Å²) in [7, 11) is 0. The maximum atomic E-state index is 12.2. The molecule has 0 radical (unpaired) electrons. The fourth-order valence-electron chi connectivity index (χ4n) is 1.92. The Morgan fingerprint density at radius 3 is 2.20 bits per heavy atom. The van der Waals surface area contributed by atoms with E-state index in [2.05, 4.69) is 16.0 Å². The molecule has 0 fully saturated rings. The van der Waals surface area contributed by atoms with Gasteiger partial charge >= 0.3 is 0 Å². The summed E-state index contributed by atoms with van der Waals surface area (Å²) in [4.78, 5) is 23.1. The van der Waals surface area contributed by atoms with Crippen molar-refractivity contribution in [1.82, 2.24) is 0 Å². The number of hydrogen-bond donors (Lipinski definition) is 3. The van der Waals surface area contributed by atoms with E-state index in [1.807, 2.05) is 6.07 Å². The van der Waals surface area contributed by atoms with Gasteiger partial charge in [0, 0.05) is 24.5 Å². The standard InChI is InChI=1S/C18H15ClN4O2/c1-12(24)22-14-6-8-15(9-7-14)23-18(25)13(10-20)11-21-17-5-3-2-4-16(17)19/h2-9,11,21H,1H3,(H,22,24)(H,23,25)/b13-11-. The number of nitrogens with one attached hydrogen (secondary N) is 3. The monoisotopic (exact) mass is 354 g/mol.